The van der Waals surface area contributed by atoms with Crippen LogP contribution in [0.4, 0.5) is 0 Å². The maximum atomic E-state index is 11.4. The third kappa shape index (κ3) is 5.13. The fourth-order valence-electron chi connectivity index (χ4n) is 3.09. The quantitative estimate of drug-likeness (QED) is 0.668. The Morgan fingerprint density at radius 2 is 1.36 bits per heavy atom. The molecule has 0 spiro atoms. The van der Waals surface area contributed by atoms with Crippen LogP contribution in [0.1, 0.15) is 23.2 Å². The second-order valence-corrected chi connectivity index (χ2v) is 6.21. The topological polar surface area (TPSA) is 65.2 Å². The van der Waals surface area contributed by atoms with Crippen LogP contribution >= 0.6 is 0 Å². The van der Waals surface area contributed by atoms with E-state index in [2.05, 4.69) is 51.6 Å². The number of hydrogen-bond donors (Lipinski definition) is 4. The summed E-state index contributed by atoms with van der Waals surface area (Å²) in [6.45, 7) is 4.76. The van der Waals surface area contributed by atoms with E-state index in [9.17, 15) is 4.79 Å². The average molecular weight is 338 g/mol. The summed E-state index contributed by atoms with van der Waals surface area (Å²) < 4.78 is 0. The van der Waals surface area contributed by atoms with Crippen molar-refractivity contribution in [2.24, 2.45) is 0 Å². The molecule has 5 nitrogen and oxygen atoms in total. The summed E-state index contributed by atoms with van der Waals surface area (Å²) in [5.74, 6) is 0.0671. The summed E-state index contributed by atoms with van der Waals surface area (Å²) in [5, 5.41) is 12.8. The molecule has 132 valence electrons. The molecule has 5 heteroatoms. The van der Waals surface area contributed by atoms with Crippen LogP contribution in [0, 0.1) is 0 Å². The second-order valence-electron chi connectivity index (χ2n) is 6.21. The van der Waals surface area contributed by atoms with E-state index in [0.29, 0.717) is 6.04 Å². The molecule has 0 bridgehead atoms. The molecule has 2 aromatic rings. The van der Waals surface area contributed by atoms with Crippen LogP contribution in [-0.2, 0) is 4.79 Å². The Balaban J connectivity index is 0.000000146. The largest absolute Gasteiger partial charge is 0.353 e. The highest BCUT2D eigenvalue weighted by atomic mass is 16.2. The van der Waals surface area contributed by atoms with Gasteiger partial charge in [0.05, 0.1) is 0 Å². The Bertz CT molecular complexity index is 641. The first-order valence-corrected chi connectivity index (χ1v) is 8.89. The van der Waals surface area contributed by atoms with Gasteiger partial charge in [-0.3, -0.25) is 4.79 Å². The number of benzene rings is 2. The minimum absolute atomic E-state index is 0.0671. The highest BCUT2D eigenvalue weighted by Crippen LogP contribution is 2.13. The molecular formula is C20H26N4O. The number of nitrogens with one attached hydrogen (secondary N) is 4. The van der Waals surface area contributed by atoms with Crippen molar-refractivity contribution in [3.8, 4) is 0 Å². The number of carbonyl (C=O) groups is 1. The van der Waals surface area contributed by atoms with Gasteiger partial charge in [-0.2, -0.15) is 0 Å². The number of carbonyl (C=O) groups excluding carboxylic acids is 1. The molecule has 2 heterocycles. The number of piperazine rings is 2. The first-order chi connectivity index (χ1) is 12.3. The van der Waals surface area contributed by atoms with Gasteiger partial charge in [-0.05, 0) is 11.1 Å². The van der Waals surface area contributed by atoms with Gasteiger partial charge in [0.2, 0.25) is 5.91 Å². The molecule has 2 aliphatic heterocycles. The molecule has 2 aliphatic rings. The van der Waals surface area contributed by atoms with E-state index in [0.717, 1.165) is 38.3 Å². The minimum atomic E-state index is -0.171. The fourth-order valence-corrected chi connectivity index (χ4v) is 3.09. The lowest BCUT2D eigenvalue weighted by Gasteiger charge is -2.24. The maximum absolute atomic E-state index is 11.4. The van der Waals surface area contributed by atoms with Crippen molar-refractivity contribution >= 4 is 5.91 Å². The molecule has 2 unspecified atom stereocenters. The second kappa shape index (κ2) is 9.32. The summed E-state index contributed by atoms with van der Waals surface area (Å²) in [5.41, 5.74) is 2.41. The molecular weight excluding hydrogens is 312 g/mol. The molecule has 2 saturated heterocycles. The van der Waals surface area contributed by atoms with Crippen molar-refractivity contribution in [2.45, 2.75) is 12.1 Å². The molecule has 4 N–H and O–H groups in total. The van der Waals surface area contributed by atoms with E-state index < -0.39 is 0 Å². The molecule has 2 atom stereocenters. The van der Waals surface area contributed by atoms with Gasteiger partial charge in [0.25, 0.3) is 0 Å². The lowest BCUT2D eigenvalue weighted by Crippen LogP contribution is -2.47. The van der Waals surface area contributed by atoms with Crippen molar-refractivity contribution in [3.63, 3.8) is 0 Å². The first kappa shape index (κ1) is 17.6. The van der Waals surface area contributed by atoms with E-state index in [1.165, 1.54) is 5.56 Å². The van der Waals surface area contributed by atoms with Gasteiger partial charge in [0.1, 0.15) is 6.04 Å². The Hall–Kier alpha value is -2.21. The zero-order chi connectivity index (χ0) is 17.3. The zero-order valence-electron chi connectivity index (χ0n) is 14.4. The first-order valence-electron chi connectivity index (χ1n) is 8.89. The Morgan fingerprint density at radius 1 is 0.720 bits per heavy atom. The maximum Gasteiger partial charge on any atom is 0.241 e. The van der Waals surface area contributed by atoms with Crippen molar-refractivity contribution in [1.29, 1.82) is 0 Å². The number of hydrogen-bond acceptors (Lipinski definition) is 4. The van der Waals surface area contributed by atoms with Gasteiger partial charge in [0.15, 0.2) is 0 Å². The van der Waals surface area contributed by atoms with Crippen LogP contribution in [0.15, 0.2) is 60.7 Å². The summed E-state index contributed by atoms with van der Waals surface area (Å²) >= 11 is 0. The molecule has 0 saturated carbocycles. The normalized spacial score (nSPS) is 23.1. The predicted molar refractivity (Wildman–Crippen MR) is 100 cm³/mol. The van der Waals surface area contributed by atoms with Crippen LogP contribution in [0.3, 0.4) is 0 Å². The molecule has 2 aromatic carbocycles. The van der Waals surface area contributed by atoms with Gasteiger partial charge in [0, 0.05) is 38.8 Å². The SMILES string of the molecule is O=C1NCCNC1c1ccccc1.c1ccc(C2CNCCN2)cc1. The van der Waals surface area contributed by atoms with Crippen LogP contribution < -0.4 is 21.3 Å². The van der Waals surface area contributed by atoms with Crippen LogP contribution in [-0.4, -0.2) is 38.6 Å². The summed E-state index contributed by atoms with van der Waals surface area (Å²) in [6, 6.07) is 20.7. The Kier molecular flexibility index (Phi) is 6.56. The molecule has 25 heavy (non-hydrogen) atoms. The van der Waals surface area contributed by atoms with Gasteiger partial charge in [-0.25, -0.2) is 0 Å². The summed E-state index contributed by atoms with van der Waals surface area (Å²) in [6.07, 6.45) is 0. The fraction of sp³-hybridized carbons (Fsp3) is 0.350. The Morgan fingerprint density at radius 3 is 1.96 bits per heavy atom. The smallest absolute Gasteiger partial charge is 0.241 e. The van der Waals surface area contributed by atoms with Gasteiger partial charge in [-0.1, -0.05) is 60.7 Å². The molecule has 0 aromatic heterocycles. The van der Waals surface area contributed by atoms with Crippen molar-refractivity contribution in [1.82, 2.24) is 21.3 Å². The van der Waals surface area contributed by atoms with Crippen LogP contribution in [0.5, 0.6) is 0 Å². The van der Waals surface area contributed by atoms with Crippen LogP contribution in [0.25, 0.3) is 0 Å². The standard InChI is InChI=1S/C10H12N2O.C10H14N2/c13-10-9(11-6-7-12-10)8-4-2-1-3-5-8;1-2-4-9(5-3-1)10-8-11-6-7-12-10/h1-5,9,11H,6-7H2,(H,12,13);1-5,10-12H,6-8H2. The average Bonchev–Trinajstić information content (AvgIpc) is 2.71. The van der Waals surface area contributed by atoms with E-state index in [4.69, 9.17) is 0 Å². The van der Waals surface area contributed by atoms with Crippen LogP contribution in [0.2, 0.25) is 0 Å². The van der Waals surface area contributed by atoms with E-state index >= 15 is 0 Å². The zero-order valence-corrected chi connectivity index (χ0v) is 14.4. The van der Waals surface area contributed by atoms with E-state index in [1.807, 2.05) is 30.3 Å². The third-order valence-electron chi connectivity index (χ3n) is 4.41. The molecule has 1 amide bonds. The third-order valence-corrected chi connectivity index (χ3v) is 4.41. The monoisotopic (exact) mass is 338 g/mol. The van der Waals surface area contributed by atoms with E-state index in [1.54, 1.807) is 0 Å². The molecule has 2 fully saturated rings. The molecule has 0 radical (unpaired) electrons. The lowest BCUT2D eigenvalue weighted by molar-refractivity contribution is -0.124. The van der Waals surface area contributed by atoms with Crippen molar-refractivity contribution in [2.75, 3.05) is 32.7 Å². The van der Waals surface area contributed by atoms with Crippen molar-refractivity contribution < 1.29 is 4.79 Å². The number of amides is 1. The minimum Gasteiger partial charge on any atom is -0.353 e. The molecule has 4 rings (SSSR count). The number of rotatable bonds is 2. The summed E-state index contributed by atoms with van der Waals surface area (Å²) in [4.78, 5) is 11.4. The lowest BCUT2D eigenvalue weighted by atomic mass is 10.1. The summed E-state index contributed by atoms with van der Waals surface area (Å²) in [7, 11) is 0. The van der Waals surface area contributed by atoms with Crippen molar-refractivity contribution in [3.05, 3.63) is 71.8 Å². The predicted octanol–water partition coefficient (Wildman–Crippen LogP) is 1.37. The molecule has 0 aliphatic carbocycles. The van der Waals surface area contributed by atoms with E-state index in [-0.39, 0.29) is 11.9 Å². The van der Waals surface area contributed by atoms with Gasteiger partial charge in [-0.15, -0.1) is 0 Å². The highest BCUT2D eigenvalue weighted by Gasteiger charge is 2.22. The highest BCUT2D eigenvalue weighted by molar-refractivity contribution is 5.83. The Labute approximate surface area is 149 Å². The van der Waals surface area contributed by atoms with Gasteiger partial charge >= 0.3 is 0 Å². The van der Waals surface area contributed by atoms with Gasteiger partial charge < -0.3 is 21.3 Å².